The zero-order chi connectivity index (χ0) is 31.2. The molecule has 5 aromatic carbocycles. The summed E-state index contributed by atoms with van der Waals surface area (Å²) in [4.78, 5) is -1.25. The van der Waals surface area contributed by atoms with Crippen LogP contribution in [0.25, 0.3) is 21.5 Å². The number of azo groups is 2. The zero-order valence-electron chi connectivity index (χ0n) is 21.5. The van der Waals surface area contributed by atoms with E-state index >= 15 is 0 Å². The molecule has 220 valence electrons. The van der Waals surface area contributed by atoms with Crippen molar-refractivity contribution >= 4 is 80.3 Å². The quantitative estimate of drug-likeness (QED) is 0.0898. The molecule has 0 aliphatic carbocycles. The van der Waals surface area contributed by atoms with Gasteiger partial charge in [-0.1, -0.05) is 24.3 Å². The number of hydrogen-bond acceptors (Lipinski definition) is 11. The highest BCUT2D eigenvalue weighted by molar-refractivity contribution is 7.86. The first-order valence-electron chi connectivity index (χ1n) is 11.9. The Kier molecular flexibility index (Phi) is 7.55. The molecule has 0 radical (unpaired) electrons. The number of anilines is 1. The van der Waals surface area contributed by atoms with Gasteiger partial charge in [0.05, 0.1) is 32.5 Å². The van der Waals surface area contributed by atoms with Crippen LogP contribution < -0.4 is 5.73 Å². The molecule has 0 fully saturated rings. The Morgan fingerprint density at radius 3 is 1.72 bits per heavy atom. The van der Waals surface area contributed by atoms with Crippen LogP contribution >= 0.6 is 0 Å². The molecular formula is C26H19N5O9S3. The molecule has 5 rings (SSSR count). The van der Waals surface area contributed by atoms with Crippen molar-refractivity contribution in [2.24, 2.45) is 20.5 Å². The first-order chi connectivity index (χ1) is 20.1. The van der Waals surface area contributed by atoms with E-state index in [2.05, 4.69) is 20.5 Å². The summed E-state index contributed by atoms with van der Waals surface area (Å²) in [5, 5.41) is 17.4. The summed E-state index contributed by atoms with van der Waals surface area (Å²) in [6, 6.07) is 18.6. The first-order valence-corrected chi connectivity index (χ1v) is 16.2. The molecule has 5 N–H and O–H groups in total. The van der Waals surface area contributed by atoms with Crippen LogP contribution in [0.5, 0.6) is 0 Å². The standard InChI is InChI=1S/C26H19N5O9S3/c27-21-9-10-23(19-5-2-6-25(26(19)21)43(38,39)40)31-30-22-11-12-24(20-14-17(42(35,36)37)7-8-18(20)22)29-28-15-3-1-4-16(13-15)41(32,33)34/h1-14H,27H2,(H,32,33,34)(H,35,36,37)(H,38,39,40)/b29-28+,31-30+. The van der Waals surface area contributed by atoms with Gasteiger partial charge in [-0.15, -0.1) is 15.3 Å². The van der Waals surface area contributed by atoms with Gasteiger partial charge in [-0.25, -0.2) is 0 Å². The number of nitrogens with zero attached hydrogens (tertiary/aromatic N) is 4. The average Bonchev–Trinajstić information content (AvgIpc) is 2.94. The van der Waals surface area contributed by atoms with Gasteiger partial charge in [0, 0.05) is 27.2 Å². The molecule has 0 spiro atoms. The molecule has 0 aliphatic rings. The van der Waals surface area contributed by atoms with Crippen molar-refractivity contribution in [3.05, 3.63) is 84.9 Å². The summed E-state index contributed by atoms with van der Waals surface area (Å²) in [7, 11) is -13.7. The van der Waals surface area contributed by atoms with Crippen LogP contribution in [0.1, 0.15) is 0 Å². The molecule has 0 amide bonds. The molecule has 0 bridgehead atoms. The summed E-state index contributed by atoms with van der Waals surface area (Å²) >= 11 is 0. The Labute approximate surface area is 244 Å². The lowest BCUT2D eigenvalue weighted by Gasteiger charge is -2.09. The normalized spacial score (nSPS) is 13.0. The second-order valence-electron chi connectivity index (χ2n) is 8.99. The second-order valence-corrected chi connectivity index (χ2v) is 13.2. The Morgan fingerprint density at radius 1 is 0.512 bits per heavy atom. The van der Waals surface area contributed by atoms with Crippen LogP contribution in [-0.2, 0) is 30.4 Å². The fourth-order valence-electron chi connectivity index (χ4n) is 4.24. The predicted octanol–water partition coefficient (Wildman–Crippen LogP) is 6.15. The van der Waals surface area contributed by atoms with Crippen LogP contribution in [0.3, 0.4) is 0 Å². The minimum Gasteiger partial charge on any atom is -0.398 e. The van der Waals surface area contributed by atoms with E-state index in [0.717, 1.165) is 24.3 Å². The number of benzene rings is 5. The van der Waals surface area contributed by atoms with E-state index in [4.69, 9.17) is 5.73 Å². The summed E-state index contributed by atoms with van der Waals surface area (Å²) < 4.78 is 99.0. The highest BCUT2D eigenvalue weighted by atomic mass is 32.2. The third-order valence-corrected chi connectivity index (χ3v) is 8.78. The lowest BCUT2D eigenvalue weighted by molar-refractivity contribution is 0.481. The monoisotopic (exact) mass is 641 g/mol. The van der Waals surface area contributed by atoms with Crippen molar-refractivity contribution in [3.63, 3.8) is 0 Å². The van der Waals surface area contributed by atoms with Gasteiger partial charge < -0.3 is 5.73 Å². The van der Waals surface area contributed by atoms with Gasteiger partial charge in [-0.3, -0.25) is 13.7 Å². The van der Waals surface area contributed by atoms with E-state index in [1.165, 1.54) is 54.6 Å². The van der Waals surface area contributed by atoms with Crippen molar-refractivity contribution in [1.29, 1.82) is 0 Å². The number of hydrogen-bond donors (Lipinski definition) is 4. The molecule has 43 heavy (non-hydrogen) atoms. The number of nitrogens with two attached hydrogens (primary N) is 1. The van der Waals surface area contributed by atoms with Gasteiger partial charge in [-0.05, 0) is 60.7 Å². The summed E-state index contributed by atoms with van der Waals surface area (Å²) in [6.45, 7) is 0. The van der Waals surface area contributed by atoms with Crippen molar-refractivity contribution in [3.8, 4) is 0 Å². The van der Waals surface area contributed by atoms with Crippen LogP contribution in [-0.4, -0.2) is 38.9 Å². The fraction of sp³-hybridized carbons (Fsp3) is 0. The first kappa shape index (κ1) is 29.8. The molecule has 0 heterocycles. The Hall–Kier alpha value is -4.65. The maximum absolute atomic E-state index is 11.9. The predicted molar refractivity (Wildman–Crippen MR) is 157 cm³/mol. The van der Waals surface area contributed by atoms with Crippen LogP contribution in [0.4, 0.5) is 28.4 Å². The van der Waals surface area contributed by atoms with E-state index < -0.39 is 45.0 Å². The van der Waals surface area contributed by atoms with Crippen molar-refractivity contribution in [2.75, 3.05) is 5.73 Å². The van der Waals surface area contributed by atoms with E-state index in [0.29, 0.717) is 5.39 Å². The SMILES string of the molecule is Nc1ccc(/N=N/c2ccc(/N=N/c3cccc(S(=O)(=O)O)c3)c3cc(S(=O)(=O)O)ccc23)c2cccc(S(=O)(=O)O)c12. The van der Waals surface area contributed by atoms with Gasteiger partial charge in [-0.2, -0.15) is 30.4 Å². The number of fused-ring (bicyclic) bond motifs is 2. The maximum atomic E-state index is 11.9. The van der Waals surface area contributed by atoms with Gasteiger partial charge in [0.25, 0.3) is 30.4 Å². The third-order valence-electron chi connectivity index (χ3n) is 6.18. The van der Waals surface area contributed by atoms with E-state index in [-0.39, 0.29) is 44.6 Å². The lowest BCUT2D eigenvalue weighted by Crippen LogP contribution is -2.01. The van der Waals surface area contributed by atoms with Gasteiger partial charge in [0.15, 0.2) is 0 Å². The third kappa shape index (κ3) is 6.26. The molecular weight excluding hydrogens is 623 g/mol. The van der Waals surface area contributed by atoms with E-state index in [1.807, 2.05) is 0 Å². The van der Waals surface area contributed by atoms with Gasteiger partial charge in [0.2, 0.25) is 0 Å². The van der Waals surface area contributed by atoms with Crippen molar-refractivity contribution in [1.82, 2.24) is 0 Å². The molecule has 0 aromatic heterocycles. The van der Waals surface area contributed by atoms with Gasteiger partial charge >= 0.3 is 0 Å². The zero-order valence-corrected chi connectivity index (χ0v) is 23.9. The van der Waals surface area contributed by atoms with E-state index in [1.54, 1.807) is 6.07 Å². The minimum atomic E-state index is -4.61. The lowest BCUT2D eigenvalue weighted by atomic mass is 10.1. The summed E-state index contributed by atoms with van der Waals surface area (Å²) in [5.74, 6) is 0. The number of nitrogen functional groups attached to an aromatic ring is 1. The fourth-order valence-corrected chi connectivity index (χ4v) is 6.01. The average molecular weight is 642 g/mol. The largest absolute Gasteiger partial charge is 0.398 e. The highest BCUT2D eigenvalue weighted by Crippen LogP contribution is 2.39. The second kappa shape index (κ2) is 10.9. The number of rotatable bonds is 7. The smallest absolute Gasteiger partial charge is 0.295 e. The Morgan fingerprint density at radius 2 is 1.07 bits per heavy atom. The molecule has 14 nitrogen and oxygen atoms in total. The Balaban J connectivity index is 1.64. The topological polar surface area (TPSA) is 239 Å². The van der Waals surface area contributed by atoms with Crippen LogP contribution in [0.2, 0.25) is 0 Å². The van der Waals surface area contributed by atoms with Crippen molar-refractivity contribution in [2.45, 2.75) is 14.7 Å². The van der Waals surface area contributed by atoms with E-state index in [9.17, 15) is 38.9 Å². The molecule has 0 saturated heterocycles. The maximum Gasteiger partial charge on any atom is 0.295 e. The highest BCUT2D eigenvalue weighted by Gasteiger charge is 2.18. The van der Waals surface area contributed by atoms with Crippen LogP contribution in [0.15, 0.2) is 120 Å². The molecule has 0 atom stereocenters. The van der Waals surface area contributed by atoms with Gasteiger partial charge in [0.1, 0.15) is 4.90 Å². The van der Waals surface area contributed by atoms with Crippen molar-refractivity contribution < 1.29 is 38.9 Å². The van der Waals surface area contributed by atoms with Crippen LogP contribution in [0, 0.1) is 0 Å². The Bertz CT molecular complexity index is 2340. The molecule has 0 aliphatic heterocycles. The molecule has 0 saturated carbocycles. The summed E-state index contributed by atoms with van der Waals surface area (Å²) in [5.41, 5.74) is 6.69. The molecule has 5 aromatic rings. The molecule has 0 unspecified atom stereocenters. The molecule has 17 heteroatoms. The minimum absolute atomic E-state index is 0.0536. The summed E-state index contributed by atoms with van der Waals surface area (Å²) in [6.07, 6.45) is 0.